The van der Waals surface area contributed by atoms with Crippen LogP contribution in [0.1, 0.15) is 90.9 Å². The number of primary amides is 2. The molecule has 97 heavy (non-hydrogen) atoms. The zero-order valence-corrected chi connectivity index (χ0v) is 56.5. The maximum absolute atomic E-state index is 11.4. The number of fused-ring (bicyclic) bond motifs is 3. The summed E-state index contributed by atoms with van der Waals surface area (Å²) in [5.41, 5.74) is 15.7. The topological polar surface area (TPSA) is 465 Å². The Labute approximate surface area is 579 Å². The second-order valence-electron chi connectivity index (χ2n) is 23.1. The minimum absolute atomic E-state index is 0. The Morgan fingerprint density at radius 1 is 0.526 bits per heavy atom. The Hall–Kier alpha value is -9.77. The number of carboxylic acid groups (broad SMARTS) is 1. The SMILES string of the molecule is CC(C)(O)CCOc1ccc(-n2nnc3cnc(N[C@@H]4CC[C@@H](C(N)=O)C4)nc32)cc1.COC(=O)CCOc1ccc(-n2nnc3cnc(N[C@@H]4CC[C@@H](C(=O)O)C4)nc32)cc1.COC(=O)CCOc1ccc(-n2nnc3cnc(N[C@@H]4CC[C@@H](C(N)=O)C4)nc32)cc1.N.[CH3-].[Cl-].[Mg+2]. The average Bonchev–Trinajstić information content (AvgIpc) is 1.70. The van der Waals surface area contributed by atoms with E-state index in [0.29, 0.717) is 107 Å². The summed E-state index contributed by atoms with van der Waals surface area (Å²) in [6.45, 7) is 4.39. The molecule has 0 radical (unpaired) electrons. The maximum atomic E-state index is 11.4. The summed E-state index contributed by atoms with van der Waals surface area (Å²) < 4.78 is 30.8. The predicted octanol–water partition coefficient (Wildman–Crippen LogP) is 2.09. The quantitative estimate of drug-likeness (QED) is 0.0244. The van der Waals surface area contributed by atoms with Crippen molar-refractivity contribution in [3.05, 3.63) is 98.8 Å². The molecule has 6 atom stereocenters. The third-order valence-electron chi connectivity index (χ3n) is 15.9. The molecule has 3 aromatic carbocycles. The minimum Gasteiger partial charge on any atom is -1.00 e. The van der Waals surface area contributed by atoms with Crippen LogP contribution >= 0.6 is 0 Å². The first-order valence-corrected chi connectivity index (χ1v) is 30.3. The van der Waals surface area contributed by atoms with E-state index in [1.54, 1.807) is 70.7 Å². The number of nitrogens with two attached hydrogens (primary N) is 2. The average molecular weight is 1370 g/mol. The summed E-state index contributed by atoms with van der Waals surface area (Å²) in [5, 5.41) is 53.6. The molecule has 3 aliphatic carbocycles. The summed E-state index contributed by atoms with van der Waals surface area (Å²) in [6.07, 6.45) is 12.2. The van der Waals surface area contributed by atoms with Crippen molar-refractivity contribution in [2.24, 2.45) is 29.2 Å². The molecule has 3 saturated carbocycles. The van der Waals surface area contributed by atoms with Gasteiger partial charge in [0.1, 0.15) is 17.2 Å². The van der Waals surface area contributed by atoms with Crippen LogP contribution in [0.2, 0.25) is 0 Å². The van der Waals surface area contributed by atoms with Gasteiger partial charge in [-0.1, -0.05) is 15.6 Å². The number of hydrogen-bond acceptors (Lipinski definition) is 27. The van der Waals surface area contributed by atoms with Gasteiger partial charge in [-0.05, 0) is 144 Å². The molecular formula is C62H78ClMgN21O12. The van der Waals surface area contributed by atoms with Crippen LogP contribution in [0.15, 0.2) is 91.4 Å². The number of benzene rings is 3. The fraction of sp³-hybridized carbons (Fsp3) is 0.419. The first-order chi connectivity index (χ1) is 44.8. The van der Waals surface area contributed by atoms with Crippen LogP contribution in [-0.2, 0) is 33.4 Å². The van der Waals surface area contributed by atoms with E-state index in [1.165, 1.54) is 14.2 Å². The standard InChI is InChI=1S/C21H27N7O3.C20H23N7O4.C20H22N6O5.CH3.ClH.Mg.H3N/c1-21(2,30)9-10-31-16-7-5-15(6-8-16)28-19-17(26-27-28)12-23-20(25-19)24-14-4-3-13(11-14)18(22)29;1-30-17(28)8-9-31-15-6-4-14(5-7-15)27-19-16(25-26-27)11-22-20(24-19)23-13-3-2-12(10-13)18(21)29;1-30-17(27)8-9-31-15-6-4-14(5-7-15)26-18-16(24-25-26)11-21-20(23-18)22-13-3-2-12(10-13)19(28)29;;;;/h5-8,12-14,30H,3-4,9-11H2,1-2H3,(H2,22,29)(H,23,24,25);4-7,11-13H,2-3,8-10H2,1H3,(H2,21,29)(H,22,23,24);4-7,11-13H,2-3,8-10H2,1H3,(H,28,29)(H,21,22,23);1H3;1H;;1H3/q;;;-1;;+2;/p-1/t13-,14-;2*12-,13-;;;;/m111..../s1. The van der Waals surface area contributed by atoms with Crippen molar-refractivity contribution in [3.63, 3.8) is 0 Å². The Balaban J connectivity index is 0.000000225. The van der Waals surface area contributed by atoms with E-state index in [1.807, 2.05) is 48.5 Å². The Kier molecular flexibility index (Phi) is 27.7. The summed E-state index contributed by atoms with van der Waals surface area (Å²) in [7, 11) is 2.68. The largest absolute Gasteiger partial charge is 2.00 e. The molecule has 0 unspecified atom stereocenters. The van der Waals surface area contributed by atoms with Crippen LogP contribution in [0.4, 0.5) is 17.8 Å². The second-order valence-corrected chi connectivity index (χ2v) is 23.1. The number of methoxy groups -OCH3 is 2. The number of aromatic nitrogens is 15. The molecule has 0 saturated heterocycles. The molecule has 9 aromatic rings. The van der Waals surface area contributed by atoms with Crippen LogP contribution in [0.25, 0.3) is 50.6 Å². The number of anilines is 3. The zero-order chi connectivity index (χ0) is 65.6. The van der Waals surface area contributed by atoms with Gasteiger partial charge < -0.3 is 87.3 Å². The van der Waals surface area contributed by atoms with Gasteiger partial charge in [0.15, 0.2) is 33.5 Å². The van der Waals surface area contributed by atoms with E-state index in [2.05, 4.69) is 86.3 Å². The molecule has 0 bridgehead atoms. The summed E-state index contributed by atoms with van der Waals surface area (Å²) in [6, 6.07) is 22.0. The van der Waals surface area contributed by atoms with Crippen LogP contribution in [0.5, 0.6) is 17.2 Å². The Morgan fingerprint density at radius 2 is 0.835 bits per heavy atom. The fourth-order valence-corrected chi connectivity index (χ4v) is 10.7. The molecule has 3 aliphatic rings. The number of aliphatic hydroxyl groups is 1. The fourth-order valence-electron chi connectivity index (χ4n) is 10.7. The van der Waals surface area contributed by atoms with Crippen molar-refractivity contribution in [3.8, 4) is 34.3 Å². The number of carbonyl (C=O) groups excluding carboxylic acids is 4. The van der Waals surface area contributed by atoms with Gasteiger partial charge in [-0.2, -0.15) is 29.0 Å². The van der Waals surface area contributed by atoms with Crippen molar-refractivity contribution in [1.82, 2.24) is 81.0 Å². The van der Waals surface area contributed by atoms with Crippen LogP contribution in [0.3, 0.4) is 0 Å². The van der Waals surface area contributed by atoms with Crippen molar-refractivity contribution in [2.75, 3.05) is 50.0 Å². The predicted molar refractivity (Wildman–Crippen MR) is 352 cm³/mol. The van der Waals surface area contributed by atoms with Gasteiger partial charge in [0.05, 0.1) is 94.1 Å². The number of nitrogens with one attached hydrogen (secondary N) is 3. The van der Waals surface area contributed by atoms with E-state index in [9.17, 15) is 29.1 Å². The van der Waals surface area contributed by atoms with E-state index >= 15 is 0 Å². The molecule has 6 aromatic heterocycles. The molecule has 33 nitrogen and oxygen atoms in total. The molecule has 12 N–H and O–H groups in total. The molecule has 35 heteroatoms. The molecule has 6 heterocycles. The van der Waals surface area contributed by atoms with Gasteiger partial charge in [-0.15, -0.1) is 15.3 Å². The summed E-state index contributed by atoms with van der Waals surface area (Å²) in [5.74, 6) is 0.810. The monoisotopic (exact) mass is 1370 g/mol. The van der Waals surface area contributed by atoms with Crippen LogP contribution in [0, 0.1) is 25.2 Å². The first-order valence-electron chi connectivity index (χ1n) is 30.3. The molecule has 512 valence electrons. The van der Waals surface area contributed by atoms with Crippen LogP contribution < -0.4 is 60.2 Å². The number of carbonyl (C=O) groups is 5. The number of hydrogen-bond donors (Lipinski definition) is 8. The molecule has 0 aliphatic heterocycles. The Bertz CT molecular complexity index is 3890. The number of amides is 2. The summed E-state index contributed by atoms with van der Waals surface area (Å²) in [4.78, 5) is 82.8. The molecular weight excluding hydrogens is 1290 g/mol. The van der Waals surface area contributed by atoms with Crippen molar-refractivity contribution in [2.45, 2.75) is 115 Å². The van der Waals surface area contributed by atoms with Crippen LogP contribution in [-0.4, -0.2) is 196 Å². The molecule has 0 spiro atoms. The second kappa shape index (κ2) is 35.3. The zero-order valence-electron chi connectivity index (χ0n) is 54.4. The van der Waals surface area contributed by atoms with Gasteiger partial charge in [-0.25, -0.2) is 15.0 Å². The molecule has 12 rings (SSSR count). The van der Waals surface area contributed by atoms with Crippen molar-refractivity contribution in [1.29, 1.82) is 0 Å². The maximum Gasteiger partial charge on any atom is 2.00 e. The number of carboxylic acids is 1. The number of halogens is 1. The van der Waals surface area contributed by atoms with Gasteiger partial charge in [0, 0.05) is 36.4 Å². The third-order valence-corrected chi connectivity index (χ3v) is 15.9. The number of aliphatic carboxylic acids is 1. The molecule has 3 fully saturated rings. The first kappa shape index (κ1) is 76.2. The Morgan fingerprint density at radius 3 is 1.11 bits per heavy atom. The number of esters is 2. The van der Waals surface area contributed by atoms with Gasteiger partial charge >= 0.3 is 41.0 Å². The minimum atomic E-state index is -0.763. The van der Waals surface area contributed by atoms with E-state index in [0.717, 1.165) is 49.2 Å². The van der Waals surface area contributed by atoms with Gasteiger partial charge in [0.2, 0.25) is 29.7 Å². The van der Waals surface area contributed by atoms with Crippen molar-refractivity contribution >= 4 is 104 Å². The number of nitrogens with zero attached hydrogens (tertiary/aromatic N) is 15. The number of ether oxygens (including phenoxy) is 5. The van der Waals surface area contributed by atoms with Crippen molar-refractivity contribution < 1.29 is 70.3 Å². The van der Waals surface area contributed by atoms with E-state index in [-0.39, 0.29) is 135 Å². The van der Waals surface area contributed by atoms with E-state index < -0.39 is 11.6 Å². The third kappa shape index (κ3) is 20.6. The number of rotatable bonds is 24. The summed E-state index contributed by atoms with van der Waals surface area (Å²) >= 11 is 0. The van der Waals surface area contributed by atoms with Gasteiger partial charge in [-0.3, -0.25) is 24.0 Å². The van der Waals surface area contributed by atoms with Gasteiger partial charge in [0.25, 0.3) is 0 Å². The molecule has 2 amide bonds. The normalized spacial score (nSPS) is 17.6. The smallest absolute Gasteiger partial charge is 1.00 e. The van der Waals surface area contributed by atoms with E-state index in [4.69, 9.17) is 30.8 Å².